The molecule has 0 spiro atoms. The van der Waals surface area contributed by atoms with Gasteiger partial charge in [-0.25, -0.2) is 0 Å². The average molecular weight is 276 g/mol. The van der Waals surface area contributed by atoms with Gasteiger partial charge in [0.05, 0.1) is 12.5 Å². The first kappa shape index (κ1) is 14.5. The number of carboxylic acid groups (broad SMARTS) is 1. The zero-order valence-electron chi connectivity index (χ0n) is 11.8. The number of likely N-dealkylation sites (tertiary alicyclic amines) is 1. The molecule has 0 radical (unpaired) electrons. The Labute approximate surface area is 118 Å². The van der Waals surface area contributed by atoms with Crippen LogP contribution in [0.5, 0.6) is 0 Å². The number of rotatable bonds is 4. The molecule has 1 atom stereocenters. The van der Waals surface area contributed by atoms with Crippen LogP contribution in [0.1, 0.15) is 17.5 Å². The molecule has 1 aromatic rings. The maximum Gasteiger partial charge on any atom is 0.307 e. The van der Waals surface area contributed by atoms with Crippen LogP contribution in [-0.4, -0.2) is 41.5 Å². The van der Waals surface area contributed by atoms with Crippen molar-refractivity contribution in [3.05, 3.63) is 29.3 Å². The Hall–Kier alpha value is -1.88. The van der Waals surface area contributed by atoms with Crippen molar-refractivity contribution in [1.82, 2.24) is 4.90 Å². The van der Waals surface area contributed by atoms with Crippen LogP contribution >= 0.6 is 0 Å². The van der Waals surface area contributed by atoms with E-state index in [9.17, 15) is 9.59 Å². The van der Waals surface area contributed by atoms with Crippen LogP contribution in [0.15, 0.2) is 18.2 Å². The van der Waals surface area contributed by atoms with Gasteiger partial charge >= 0.3 is 5.97 Å². The smallest absolute Gasteiger partial charge is 0.307 e. The number of nitrogens with one attached hydrogen (secondary N) is 1. The first-order valence-corrected chi connectivity index (χ1v) is 6.78. The van der Waals surface area contributed by atoms with Crippen LogP contribution < -0.4 is 5.32 Å². The molecule has 0 aliphatic carbocycles. The van der Waals surface area contributed by atoms with Crippen molar-refractivity contribution in [2.45, 2.75) is 20.3 Å². The second-order valence-electron chi connectivity index (χ2n) is 5.37. The number of hydrogen-bond donors (Lipinski definition) is 2. The molecular weight excluding hydrogens is 256 g/mol. The van der Waals surface area contributed by atoms with E-state index in [-0.39, 0.29) is 18.4 Å². The minimum atomic E-state index is -0.775. The van der Waals surface area contributed by atoms with E-state index in [1.54, 1.807) is 0 Å². The minimum Gasteiger partial charge on any atom is -0.481 e. The van der Waals surface area contributed by atoms with Gasteiger partial charge < -0.3 is 10.4 Å². The quantitative estimate of drug-likeness (QED) is 0.877. The monoisotopic (exact) mass is 276 g/mol. The van der Waals surface area contributed by atoms with Crippen molar-refractivity contribution in [2.24, 2.45) is 5.92 Å². The van der Waals surface area contributed by atoms with Gasteiger partial charge in [0.25, 0.3) is 0 Å². The lowest BCUT2D eigenvalue weighted by atomic mass is 10.1. The summed E-state index contributed by atoms with van der Waals surface area (Å²) in [5.74, 6) is -1.21. The highest BCUT2D eigenvalue weighted by Gasteiger charge is 2.28. The average Bonchev–Trinajstić information content (AvgIpc) is 2.82. The largest absolute Gasteiger partial charge is 0.481 e. The lowest BCUT2D eigenvalue weighted by Gasteiger charge is -2.16. The number of carboxylic acids is 1. The number of carbonyl (C=O) groups excluding carboxylic acids is 1. The highest BCUT2D eigenvalue weighted by Crippen LogP contribution is 2.20. The second kappa shape index (κ2) is 6.05. The van der Waals surface area contributed by atoms with Gasteiger partial charge in [0, 0.05) is 12.2 Å². The van der Waals surface area contributed by atoms with Gasteiger partial charge in [0.1, 0.15) is 0 Å². The summed E-state index contributed by atoms with van der Waals surface area (Å²) < 4.78 is 0. The summed E-state index contributed by atoms with van der Waals surface area (Å²) in [4.78, 5) is 24.8. The molecule has 1 aliphatic rings. The number of para-hydroxylation sites is 1. The van der Waals surface area contributed by atoms with Gasteiger partial charge in [-0.3, -0.25) is 14.5 Å². The predicted octanol–water partition coefficient (Wildman–Crippen LogP) is 1.65. The number of hydrogen-bond acceptors (Lipinski definition) is 3. The molecule has 1 aromatic carbocycles. The summed E-state index contributed by atoms with van der Waals surface area (Å²) in [5.41, 5.74) is 2.91. The topological polar surface area (TPSA) is 69.6 Å². The van der Waals surface area contributed by atoms with Gasteiger partial charge in [-0.05, 0) is 37.9 Å². The first-order chi connectivity index (χ1) is 9.47. The first-order valence-electron chi connectivity index (χ1n) is 6.78. The number of anilines is 1. The van der Waals surface area contributed by atoms with Crippen LogP contribution in [0.2, 0.25) is 0 Å². The molecule has 0 aromatic heterocycles. The van der Waals surface area contributed by atoms with Crippen molar-refractivity contribution in [1.29, 1.82) is 0 Å². The molecule has 2 rings (SSSR count). The van der Waals surface area contributed by atoms with Crippen LogP contribution in [0.4, 0.5) is 5.69 Å². The van der Waals surface area contributed by atoms with Crippen molar-refractivity contribution >= 4 is 17.6 Å². The third kappa shape index (κ3) is 3.36. The third-order valence-corrected chi connectivity index (χ3v) is 3.73. The van der Waals surface area contributed by atoms with Crippen molar-refractivity contribution < 1.29 is 14.7 Å². The molecule has 1 heterocycles. The lowest BCUT2D eigenvalue weighted by Crippen LogP contribution is -2.32. The maximum atomic E-state index is 12.0. The van der Waals surface area contributed by atoms with Gasteiger partial charge in [-0.2, -0.15) is 0 Å². The van der Waals surface area contributed by atoms with E-state index in [1.807, 2.05) is 36.9 Å². The molecule has 1 amide bonds. The maximum absolute atomic E-state index is 12.0. The molecular formula is C15H20N2O3. The van der Waals surface area contributed by atoms with E-state index in [0.717, 1.165) is 16.8 Å². The van der Waals surface area contributed by atoms with Gasteiger partial charge in [-0.1, -0.05) is 18.2 Å². The SMILES string of the molecule is Cc1cccc(C)c1NC(=O)CN1CCC(C(=O)O)C1. The number of aryl methyl sites for hydroxylation is 2. The Bertz CT molecular complexity index is 508. The van der Waals surface area contributed by atoms with Crippen LogP contribution in [0, 0.1) is 19.8 Å². The molecule has 1 saturated heterocycles. The summed E-state index contributed by atoms with van der Waals surface area (Å²) in [6, 6.07) is 5.87. The normalized spacial score (nSPS) is 19.0. The summed E-state index contributed by atoms with van der Waals surface area (Å²) in [6.07, 6.45) is 0.617. The fourth-order valence-corrected chi connectivity index (χ4v) is 2.57. The fraction of sp³-hybridized carbons (Fsp3) is 0.467. The number of benzene rings is 1. The molecule has 1 fully saturated rings. The Morgan fingerprint density at radius 1 is 1.35 bits per heavy atom. The Kier molecular flexibility index (Phi) is 4.39. The van der Waals surface area contributed by atoms with E-state index in [4.69, 9.17) is 5.11 Å². The molecule has 108 valence electrons. The zero-order chi connectivity index (χ0) is 14.7. The highest BCUT2D eigenvalue weighted by atomic mass is 16.4. The summed E-state index contributed by atoms with van der Waals surface area (Å²) in [6.45, 7) is 5.28. The molecule has 5 heteroatoms. The van der Waals surface area contributed by atoms with Crippen LogP contribution in [0.25, 0.3) is 0 Å². The minimum absolute atomic E-state index is 0.0894. The van der Waals surface area contributed by atoms with E-state index in [1.165, 1.54) is 0 Å². The van der Waals surface area contributed by atoms with E-state index < -0.39 is 5.97 Å². The van der Waals surface area contributed by atoms with Gasteiger partial charge in [0.2, 0.25) is 5.91 Å². The molecule has 0 saturated carbocycles. The standard InChI is InChI=1S/C15H20N2O3/c1-10-4-3-5-11(2)14(10)16-13(18)9-17-7-6-12(8-17)15(19)20/h3-5,12H,6-9H2,1-2H3,(H,16,18)(H,19,20). The van der Waals surface area contributed by atoms with Crippen molar-refractivity contribution in [3.8, 4) is 0 Å². The van der Waals surface area contributed by atoms with Crippen LogP contribution in [-0.2, 0) is 9.59 Å². The summed E-state index contributed by atoms with van der Waals surface area (Å²) >= 11 is 0. The third-order valence-electron chi connectivity index (χ3n) is 3.73. The van der Waals surface area contributed by atoms with E-state index >= 15 is 0 Å². The number of nitrogens with zero attached hydrogens (tertiary/aromatic N) is 1. The van der Waals surface area contributed by atoms with Gasteiger partial charge in [0.15, 0.2) is 0 Å². The molecule has 0 bridgehead atoms. The number of carbonyl (C=O) groups is 2. The molecule has 1 aliphatic heterocycles. The fourth-order valence-electron chi connectivity index (χ4n) is 2.57. The van der Waals surface area contributed by atoms with E-state index in [0.29, 0.717) is 19.5 Å². The lowest BCUT2D eigenvalue weighted by molar-refractivity contribution is -0.141. The Balaban J connectivity index is 1.92. The summed E-state index contributed by atoms with van der Waals surface area (Å²) in [5, 5.41) is 11.9. The molecule has 5 nitrogen and oxygen atoms in total. The summed E-state index contributed by atoms with van der Waals surface area (Å²) in [7, 11) is 0. The van der Waals surface area contributed by atoms with Crippen LogP contribution in [0.3, 0.4) is 0 Å². The second-order valence-corrected chi connectivity index (χ2v) is 5.37. The molecule has 1 unspecified atom stereocenters. The Morgan fingerprint density at radius 3 is 2.55 bits per heavy atom. The van der Waals surface area contributed by atoms with Crippen molar-refractivity contribution in [2.75, 3.05) is 25.0 Å². The number of aliphatic carboxylic acids is 1. The predicted molar refractivity (Wildman–Crippen MR) is 76.7 cm³/mol. The number of amides is 1. The van der Waals surface area contributed by atoms with E-state index in [2.05, 4.69) is 5.32 Å². The highest BCUT2D eigenvalue weighted by molar-refractivity contribution is 5.93. The zero-order valence-corrected chi connectivity index (χ0v) is 11.8. The molecule has 20 heavy (non-hydrogen) atoms. The molecule has 2 N–H and O–H groups in total. The van der Waals surface area contributed by atoms with Gasteiger partial charge in [-0.15, -0.1) is 0 Å². The Morgan fingerprint density at radius 2 is 2.00 bits per heavy atom. The van der Waals surface area contributed by atoms with Crippen molar-refractivity contribution in [3.63, 3.8) is 0 Å².